The molecule has 1 aliphatic heterocycles. The fraction of sp³-hybridized carbons (Fsp3) is 0.412. The normalized spacial score (nSPS) is 20.2. The predicted molar refractivity (Wildman–Crippen MR) is 84.9 cm³/mol. The molecular formula is C17H21NO5. The van der Waals surface area contributed by atoms with Gasteiger partial charge in [-0.3, -0.25) is 9.59 Å². The van der Waals surface area contributed by atoms with Gasteiger partial charge in [0.2, 0.25) is 0 Å². The molecule has 0 aromatic heterocycles. The Bertz CT molecular complexity index is 613. The Morgan fingerprint density at radius 3 is 2.74 bits per heavy atom. The van der Waals surface area contributed by atoms with E-state index in [1.54, 1.807) is 29.2 Å². The molecule has 1 N–H and O–H groups in total. The number of carboxylic acids is 1. The van der Waals surface area contributed by atoms with Crippen molar-refractivity contribution in [2.45, 2.75) is 6.92 Å². The second-order valence-electron chi connectivity index (χ2n) is 5.59. The number of likely N-dealkylation sites (tertiary alicyclic amines) is 1. The van der Waals surface area contributed by atoms with Crippen LogP contribution in [0.4, 0.5) is 0 Å². The van der Waals surface area contributed by atoms with Crippen LogP contribution in [-0.4, -0.2) is 48.7 Å². The maximum atomic E-state index is 12.7. The van der Waals surface area contributed by atoms with E-state index in [4.69, 9.17) is 9.47 Å². The van der Waals surface area contributed by atoms with Gasteiger partial charge in [-0.25, -0.2) is 0 Å². The molecule has 1 fully saturated rings. The molecule has 1 heterocycles. The number of carboxylic acid groups (broad SMARTS) is 1. The first kappa shape index (κ1) is 16.9. The fourth-order valence-corrected chi connectivity index (χ4v) is 2.70. The minimum atomic E-state index is -0.870. The molecule has 0 unspecified atom stereocenters. The van der Waals surface area contributed by atoms with Crippen LogP contribution in [0.15, 0.2) is 30.9 Å². The van der Waals surface area contributed by atoms with Gasteiger partial charge < -0.3 is 19.5 Å². The van der Waals surface area contributed by atoms with Crippen molar-refractivity contribution in [2.75, 3.05) is 26.8 Å². The SMILES string of the molecule is C=CCOc1cc(OC)ccc1C(=O)N1C[C@@H](C)[C@H](C(=O)O)C1. The van der Waals surface area contributed by atoms with Gasteiger partial charge in [-0.2, -0.15) is 0 Å². The van der Waals surface area contributed by atoms with E-state index in [1.165, 1.54) is 7.11 Å². The van der Waals surface area contributed by atoms with Gasteiger partial charge in [0.05, 0.1) is 18.6 Å². The molecule has 1 saturated heterocycles. The maximum Gasteiger partial charge on any atom is 0.308 e. The smallest absolute Gasteiger partial charge is 0.308 e. The van der Waals surface area contributed by atoms with Crippen molar-refractivity contribution in [3.8, 4) is 11.5 Å². The quantitative estimate of drug-likeness (QED) is 0.812. The number of hydrogen-bond donors (Lipinski definition) is 1. The van der Waals surface area contributed by atoms with Crippen LogP contribution in [-0.2, 0) is 4.79 Å². The van der Waals surface area contributed by atoms with Crippen LogP contribution in [0.3, 0.4) is 0 Å². The molecule has 6 nitrogen and oxygen atoms in total. The number of nitrogens with zero attached hydrogens (tertiary/aromatic N) is 1. The number of amides is 1. The van der Waals surface area contributed by atoms with Gasteiger partial charge in [0.25, 0.3) is 5.91 Å². The van der Waals surface area contributed by atoms with E-state index in [0.29, 0.717) is 23.6 Å². The van der Waals surface area contributed by atoms with Gasteiger partial charge in [0, 0.05) is 19.2 Å². The first-order chi connectivity index (χ1) is 11.0. The molecule has 0 spiro atoms. The summed E-state index contributed by atoms with van der Waals surface area (Å²) < 4.78 is 10.7. The lowest BCUT2D eigenvalue weighted by Gasteiger charge is -2.18. The van der Waals surface area contributed by atoms with E-state index in [1.807, 2.05) is 6.92 Å². The summed E-state index contributed by atoms with van der Waals surface area (Å²) in [6, 6.07) is 4.96. The molecule has 1 aliphatic rings. The van der Waals surface area contributed by atoms with Gasteiger partial charge in [0.15, 0.2) is 0 Å². The third kappa shape index (κ3) is 3.64. The van der Waals surface area contributed by atoms with E-state index in [0.717, 1.165) is 0 Å². The molecule has 0 saturated carbocycles. The predicted octanol–water partition coefficient (Wildman–Crippen LogP) is 2.05. The van der Waals surface area contributed by atoms with Gasteiger partial charge in [0.1, 0.15) is 18.1 Å². The summed E-state index contributed by atoms with van der Waals surface area (Å²) in [4.78, 5) is 25.5. The number of ether oxygens (including phenoxy) is 2. The molecule has 23 heavy (non-hydrogen) atoms. The number of aliphatic carboxylic acids is 1. The summed E-state index contributed by atoms with van der Waals surface area (Å²) >= 11 is 0. The molecule has 1 aromatic carbocycles. The Balaban J connectivity index is 2.25. The van der Waals surface area contributed by atoms with Gasteiger partial charge in [-0.05, 0) is 18.1 Å². The average Bonchev–Trinajstić information content (AvgIpc) is 2.94. The Kier molecular flexibility index (Phi) is 5.26. The summed E-state index contributed by atoms with van der Waals surface area (Å²) in [6.07, 6.45) is 1.59. The second kappa shape index (κ2) is 7.17. The van der Waals surface area contributed by atoms with Crippen LogP contribution in [0.1, 0.15) is 17.3 Å². The van der Waals surface area contributed by atoms with E-state index >= 15 is 0 Å². The van der Waals surface area contributed by atoms with E-state index in [9.17, 15) is 14.7 Å². The molecule has 1 aromatic rings. The zero-order valence-corrected chi connectivity index (χ0v) is 13.3. The van der Waals surface area contributed by atoms with Gasteiger partial charge in [-0.1, -0.05) is 19.6 Å². The molecule has 0 radical (unpaired) electrons. The number of carbonyl (C=O) groups excluding carboxylic acids is 1. The first-order valence-corrected chi connectivity index (χ1v) is 7.41. The fourth-order valence-electron chi connectivity index (χ4n) is 2.70. The highest BCUT2D eigenvalue weighted by molar-refractivity contribution is 5.97. The molecule has 0 aliphatic carbocycles. The number of methoxy groups -OCH3 is 1. The second-order valence-corrected chi connectivity index (χ2v) is 5.59. The van der Waals surface area contributed by atoms with Crippen molar-refractivity contribution in [1.29, 1.82) is 0 Å². The van der Waals surface area contributed by atoms with Crippen LogP contribution in [0.5, 0.6) is 11.5 Å². The van der Waals surface area contributed by atoms with Crippen molar-refractivity contribution < 1.29 is 24.2 Å². The highest BCUT2D eigenvalue weighted by Crippen LogP contribution is 2.30. The summed E-state index contributed by atoms with van der Waals surface area (Å²) in [5.74, 6) is -0.727. The third-order valence-electron chi connectivity index (χ3n) is 3.99. The summed E-state index contributed by atoms with van der Waals surface area (Å²) in [5, 5.41) is 9.20. The van der Waals surface area contributed by atoms with Crippen LogP contribution >= 0.6 is 0 Å². The minimum Gasteiger partial charge on any atom is -0.497 e. The lowest BCUT2D eigenvalue weighted by atomic mass is 9.99. The van der Waals surface area contributed by atoms with Crippen molar-refractivity contribution in [2.24, 2.45) is 11.8 Å². The van der Waals surface area contributed by atoms with Crippen molar-refractivity contribution in [3.05, 3.63) is 36.4 Å². The summed E-state index contributed by atoms with van der Waals surface area (Å²) in [7, 11) is 1.54. The Morgan fingerprint density at radius 2 is 2.17 bits per heavy atom. The molecule has 0 bridgehead atoms. The van der Waals surface area contributed by atoms with Crippen LogP contribution in [0.2, 0.25) is 0 Å². The highest BCUT2D eigenvalue weighted by atomic mass is 16.5. The summed E-state index contributed by atoms with van der Waals surface area (Å²) in [5.41, 5.74) is 0.394. The molecule has 2 rings (SSSR count). The molecule has 2 atom stereocenters. The Hall–Kier alpha value is -2.50. The Labute approximate surface area is 135 Å². The van der Waals surface area contributed by atoms with Crippen LogP contribution in [0, 0.1) is 11.8 Å². The topological polar surface area (TPSA) is 76.1 Å². The minimum absolute atomic E-state index is 0.0766. The molecular weight excluding hydrogens is 298 g/mol. The molecule has 1 amide bonds. The third-order valence-corrected chi connectivity index (χ3v) is 3.99. The number of benzene rings is 1. The standard InChI is InChI=1S/C17H21NO5/c1-4-7-23-15-8-12(22-3)5-6-13(15)16(19)18-9-11(2)14(10-18)17(20)21/h4-6,8,11,14H,1,7,9-10H2,2-3H3,(H,20,21)/t11-,14-/m1/s1. The molecule has 124 valence electrons. The zero-order valence-electron chi connectivity index (χ0n) is 13.3. The Morgan fingerprint density at radius 1 is 1.43 bits per heavy atom. The van der Waals surface area contributed by atoms with Crippen LogP contribution in [0.25, 0.3) is 0 Å². The van der Waals surface area contributed by atoms with Crippen molar-refractivity contribution >= 4 is 11.9 Å². The maximum absolute atomic E-state index is 12.7. The van der Waals surface area contributed by atoms with Crippen molar-refractivity contribution in [3.63, 3.8) is 0 Å². The van der Waals surface area contributed by atoms with E-state index in [-0.39, 0.29) is 25.0 Å². The first-order valence-electron chi connectivity index (χ1n) is 7.41. The number of carbonyl (C=O) groups is 2. The molecule has 6 heteroatoms. The van der Waals surface area contributed by atoms with Crippen molar-refractivity contribution in [1.82, 2.24) is 4.90 Å². The zero-order chi connectivity index (χ0) is 17.0. The lowest BCUT2D eigenvalue weighted by Crippen LogP contribution is -2.30. The van der Waals surface area contributed by atoms with Crippen LogP contribution < -0.4 is 9.47 Å². The van der Waals surface area contributed by atoms with Gasteiger partial charge in [-0.15, -0.1) is 0 Å². The van der Waals surface area contributed by atoms with E-state index < -0.39 is 11.9 Å². The largest absolute Gasteiger partial charge is 0.497 e. The summed E-state index contributed by atoms with van der Waals surface area (Å²) in [6.45, 7) is 6.33. The number of hydrogen-bond acceptors (Lipinski definition) is 4. The lowest BCUT2D eigenvalue weighted by molar-refractivity contribution is -0.142. The number of rotatable bonds is 6. The highest BCUT2D eigenvalue weighted by Gasteiger charge is 2.37. The monoisotopic (exact) mass is 319 g/mol. The average molecular weight is 319 g/mol. The van der Waals surface area contributed by atoms with E-state index in [2.05, 4.69) is 6.58 Å². The van der Waals surface area contributed by atoms with Gasteiger partial charge >= 0.3 is 5.97 Å².